The van der Waals surface area contributed by atoms with Gasteiger partial charge in [-0.25, -0.2) is 0 Å². The maximum Gasteiger partial charge on any atom is 0.242 e. The molecule has 140 valence electrons. The molecule has 4 rings (SSSR count). The Morgan fingerprint density at radius 2 is 1.92 bits per heavy atom. The minimum absolute atomic E-state index is 0.0389. The minimum Gasteiger partial charge on any atom is -0.394 e. The van der Waals surface area contributed by atoms with Gasteiger partial charge < -0.3 is 19.6 Å². The first-order valence-electron chi connectivity index (χ1n) is 9.14. The van der Waals surface area contributed by atoms with Crippen LogP contribution in [0.3, 0.4) is 0 Å². The SMILES string of the molecule is O=C(C1CCOCC1)N1CC(=O)N2[C@H](C1)[C@@H](c1ccc(Br)cc1)[C@@H]2CO. The van der Waals surface area contributed by atoms with E-state index >= 15 is 0 Å². The number of piperazine rings is 1. The van der Waals surface area contributed by atoms with Crippen molar-refractivity contribution in [1.29, 1.82) is 0 Å². The van der Waals surface area contributed by atoms with Gasteiger partial charge in [-0.3, -0.25) is 9.59 Å². The number of amides is 2. The number of carbonyl (C=O) groups is 2. The second kappa shape index (κ2) is 7.29. The molecule has 0 spiro atoms. The van der Waals surface area contributed by atoms with E-state index in [1.54, 1.807) is 9.80 Å². The molecule has 1 N–H and O–H groups in total. The van der Waals surface area contributed by atoms with Crippen LogP contribution in [0.2, 0.25) is 0 Å². The lowest BCUT2D eigenvalue weighted by Gasteiger charge is -2.59. The quantitative estimate of drug-likeness (QED) is 0.798. The van der Waals surface area contributed by atoms with Gasteiger partial charge in [-0.2, -0.15) is 0 Å². The largest absolute Gasteiger partial charge is 0.394 e. The summed E-state index contributed by atoms with van der Waals surface area (Å²) in [6.45, 7) is 1.83. The molecule has 0 aliphatic carbocycles. The zero-order valence-corrected chi connectivity index (χ0v) is 16.1. The Morgan fingerprint density at radius 3 is 2.58 bits per heavy atom. The van der Waals surface area contributed by atoms with Crippen molar-refractivity contribution in [3.63, 3.8) is 0 Å². The predicted molar refractivity (Wildman–Crippen MR) is 98.5 cm³/mol. The Morgan fingerprint density at radius 1 is 1.23 bits per heavy atom. The van der Waals surface area contributed by atoms with E-state index in [9.17, 15) is 14.7 Å². The summed E-state index contributed by atoms with van der Waals surface area (Å²) < 4.78 is 6.34. The zero-order chi connectivity index (χ0) is 18.3. The monoisotopic (exact) mass is 422 g/mol. The number of nitrogens with zero attached hydrogens (tertiary/aromatic N) is 2. The van der Waals surface area contributed by atoms with Gasteiger partial charge in [0.25, 0.3) is 0 Å². The number of halogens is 1. The highest BCUT2D eigenvalue weighted by molar-refractivity contribution is 9.10. The maximum absolute atomic E-state index is 12.9. The Hall–Kier alpha value is -1.44. The number of benzene rings is 1. The van der Waals surface area contributed by atoms with Gasteiger partial charge in [-0.1, -0.05) is 28.1 Å². The number of hydrogen-bond acceptors (Lipinski definition) is 4. The number of aliphatic hydroxyl groups excluding tert-OH is 1. The molecule has 3 aliphatic rings. The smallest absolute Gasteiger partial charge is 0.242 e. The molecule has 0 aromatic heterocycles. The summed E-state index contributed by atoms with van der Waals surface area (Å²) in [5.74, 6) is 0.0302. The molecule has 3 fully saturated rings. The van der Waals surface area contributed by atoms with E-state index in [0.29, 0.717) is 19.8 Å². The van der Waals surface area contributed by atoms with Crippen molar-refractivity contribution in [2.45, 2.75) is 30.8 Å². The third-order valence-electron chi connectivity index (χ3n) is 5.89. The fourth-order valence-electron chi connectivity index (χ4n) is 4.56. The van der Waals surface area contributed by atoms with Gasteiger partial charge in [0.15, 0.2) is 0 Å². The molecule has 0 unspecified atom stereocenters. The van der Waals surface area contributed by atoms with Gasteiger partial charge in [0, 0.05) is 36.1 Å². The van der Waals surface area contributed by atoms with Crippen molar-refractivity contribution >= 4 is 27.7 Å². The van der Waals surface area contributed by atoms with Crippen LogP contribution in [0.15, 0.2) is 28.7 Å². The van der Waals surface area contributed by atoms with Gasteiger partial charge in [0.05, 0.1) is 25.2 Å². The second-order valence-electron chi connectivity index (χ2n) is 7.30. The zero-order valence-electron chi connectivity index (χ0n) is 14.5. The molecule has 1 aromatic rings. The Bertz CT molecular complexity index is 689. The van der Waals surface area contributed by atoms with E-state index < -0.39 is 0 Å². The summed E-state index contributed by atoms with van der Waals surface area (Å²) in [5, 5.41) is 9.81. The van der Waals surface area contributed by atoms with Gasteiger partial charge in [-0.05, 0) is 30.5 Å². The fourth-order valence-corrected chi connectivity index (χ4v) is 4.82. The van der Waals surface area contributed by atoms with Gasteiger partial charge in [0.2, 0.25) is 11.8 Å². The van der Waals surface area contributed by atoms with Crippen molar-refractivity contribution in [2.75, 3.05) is 32.9 Å². The average Bonchev–Trinajstić information content (AvgIpc) is 2.65. The van der Waals surface area contributed by atoms with E-state index in [4.69, 9.17) is 4.74 Å². The summed E-state index contributed by atoms with van der Waals surface area (Å²) in [7, 11) is 0. The van der Waals surface area contributed by atoms with E-state index in [0.717, 1.165) is 22.9 Å². The van der Waals surface area contributed by atoms with Crippen LogP contribution in [0, 0.1) is 5.92 Å². The van der Waals surface area contributed by atoms with Gasteiger partial charge in [-0.15, -0.1) is 0 Å². The van der Waals surface area contributed by atoms with E-state index in [2.05, 4.69) is 15.9 Å². The number of fused-ring (bicyclic) bond motifs is 1. The van der Waals surface area contributed by atoms with Crippen LogP contribution >= 0.6 is 15.9 Å². The van der Waals surface area contributed by atoms with Crippen LogP contribution in [0.4, 0.5) is 0 Å². The van der Waals surface area contributed by atoms with Crippen molar-refractivity contribution in [1.82, 2.24) is 9.80 Å². The van der Waals surface area contributed by atoms with Crippen LogP contribution in [0.25, 0.3) is 0 Å². The molecule has 2 amide bonds. The van der Waals surface area contributed by atoms with Gasteiger partial charge in [0.1, 0.15) is 0 Å². The summed E-state index contributed by atoms with van der Waals surface area (Å²) in [5.41, 5.74) is 1.10. The molecule has 3 saturated heterocycles. The predicted octanol–water partition coefficient (Wildman–Crippen LogP) is 1.37. The van der Waals surface area contributed by atoms with Crippen molar-refractivity contribution < 1.29 is 19.4 Å². The van der Waals surface area contributed by atoms with Crippen LogP contribution in [0.5, 0.6) is 0 Å². The number of aliphatic hydroxyl groups is 1. The molecule has 3 atom stereocenters. The first-order chi connectivity index (χ1) is 12.6. The van der Waals surface area contributed by atoms with E-state index in [1.807, 2.05) is 24.3 Å². The van der Waals surface area contributed by atoms with Gasteiger partial charge >= 0.3 is 0 Å². The highest BCUT2D eigenvalue weighted by Gasteiger charge is 2.54. The number of hydrogen-bond donors (Lipinski definition) is 1. The number of ether oxygens (including phenoxy) is 1. The highest BCUT2D eigenvalue weighted by Crippen LogP contribution is 2.43. The normalized spacial score (nSPS) is 29.3. The summed E-state index contributed by atoms with van der Waals surface area (Å²) in [4.78, 5) is 29.0. The minimum atomic E-state index is -0.200. The Kier molecular flexibility index (Phi) is 5.03. The van der Waals surface area contributed by atoms with Crippen molar-refractivity contribution in [2.24, 2.45) is 5.92 Å². The molecule has 1 aromatic carbocycles. The third-order valence-corrected chi connectivity index (χ3v) is 6.42. The van der Waals surface area contributed by atoms with Crippen molar-refractivity contribution in [3.8, 4) is 0 Å². The summed E-state index contributed by atoms with van der Waals surface area (Å²) in [6.07, 6.45) is 1.46. The van der Waals surface area contributed by atoms with Crippen LogP contribution in [-0.4, -0.2) is 71.7 Å². The van der Waals surface area contributed by atoms with Crippen LogP contribution in [-0.2, 0) is 14.3 Å². The average molecular weight is 423 g/mol. The molecule has 6 nitrogen and oxygen atoms in total. The van der Waals surface area contributed by atoms with E-state index in [1.165, 1.54) is 0 Å². The standard InChI is InChI=1S/C19H23BrN2O4/c20-14-3-1-12(2-4-14)18-15-9-21(10-17(24)22(15)16(18)11-23)19(25)13-5-7-26-8-6-13/h1-4,13,15-16,18,23H,5-11H2/t15-,16+,18-/m1/s1. The number of carbonyl (C=O) groups excluding carboxylic acids is 2. The lowest BCUT2D eigenvalue weighted by molar-refractivity contribution is -0.169. The van der Waals surface area contributed by atoms with E-state index in [-0.39, 0.29) is 48.9 Å². The lowest BCUT2D eigenvalue weighted by Crippen LogP contribution is -2.73. The molecule has 3 aliphatic heterocycles. The molecule has 0 bridgehead atoms. The first kappa shape index (κ1) is 17.9. The fraction of sp³-hybridized carbons (Fsp3) is 0.579. The molecule has 0 radical (unpaired) electrons. The molecular formula is C19H23BrN2O4. The molecular weight excluding hydrogens is 400 g/mol. The second-order valence-corrected chi connectivity index (χ2v) is 8.22. The highest BCUT2D eigenvalue weighted by atomic mass is 79.9. The molecule has 0 saturated carbocycles. The van der Waals surface area contributed by atoms with Crippen molar-refractivity contribution in [3.05, 3.63) is 34.3 Å². The molecule has 26 heavy (non-hydrogen) atoms. The summed E-state index contributed by atoms with van der Waals surface area (Å²) in [6, 6.07) is 7.74. The van der Waals surface area contributed by atoms with Crippen LogP contribution in [0.1, 0.15) is 24.3 Å². The molecule has 3 heterocycles. The third kappa shape index (κ3) is 3.06. The summed E-state index contributed by atoms with van der Waals surface area (Å²) >= 11 is 3.44. The first-order valence-corrected chi connectivity index (χ1v) is 9.93. The molecule has 7 heteroatoms. The maximum atomic E-state index is 12.9. The lowest BCUT2D eigenvalue weighted by atomic mass is 9.73. The van der Waals surface area contributed by atoms with Crippen LogP contribution < -0.4 is 0 Å². The Balaban J connectivity index is 1.53. The topological polar surface area (TPSA) is 70.1 Å². The Labute approximate surface area is 161 Å². The number of rotatable bonds is 3.